The van der Waals surface area contributed by atoms with Crippen molar-refractivity contribution in [3.05, 3.63) is 0 Å². The van der Waals surface area contributed by atoms with Crippen LogP contribution in [-0.4, -0.2) is 50.3 Å². The van der Waals surface area contributed by atoms with Gasteiger partial charge in [-0.05, 0) is 31.4 Å². The molecule has 23 heavy (non-hydrogen) atoms. The molecular weight excluding hydrogens is 421 g/mol. The predicted octanol–water partition coefficient (Wildman–Crippen LogP) is 3.90. The largest absolute Gasteiger partial charge is 0.381 e. The number of hydrogen-bond donors (Lipinski definition) is 2. The van der Waals surface area contributed by atoms with E-state index < -0.39 is 0 Å². The van der Waals surface area contributed by atoms with Gasteiger partial charge in [-0.1, -0.05) is 33.1 Å². The van der Waals surface area contributed by atoms with Gasteiger partial charge in [-0.25, -0.2) is 0 Å². The lowest BCUT2D eigenvalue weighted by Gasteiger charge is -2.36. The van der Waals surface area contributed by atoms with E-state index in [-0.39, 0.29) is 24.0 Å². The zero-order valence-electron chi connectivity index (χ0n) is 15.3. The molecule has 1 aliphatic rings. The summed E-state index contributed by atoms with van der Waals surface area (Å²) in [5, 5.41) is 7.04. The third-order valence-electron chi connectivity index (χ3n) is 4.74. The average molecular weight is 457 g/mol. The highest BCUT2D eigenvalue weighted by Crippen LogP contribution is 2.32. The highest BCUT2D eigenvalue weighted by molar-refractivity contribution is 14.0. The average Bonchev–Trinajstić information content (AvgIpc) is 2.58. The molecule has 1 saturated heterocycles. The maximum atomic E-state index is 5.50. The summed E-state index contributed by atoms with van der Waals surface area (Å²) in [7, 11) is 1.86. The minimum absolute atomic E-state index is 0. The smallest absolute Gasteiger partial charge is 0.191 e. The maximum absolute atomic E-state index is 5.50. The summed E-state index contributed by atoms with van der Waals surface area (Å²) in [5.41, 5.74) is 0. The first-order valence-electron chi connectivity index (χ1n) is 8.77. The molecular formula is C17H36IN3OS. The van der Waals surface area contributed by atoms with Crippen molar-refractivity contribution in [2.75, 3.05) is 39.6 Å². The lowest BCUT2D eigenvalue weighted by atomic mass is 9.99. The fourth-order valence-electron chi connectivity index (χ4n) is 2.85. The van der Waals surface area contributed by atoms with Crippen LogP contribution in [0.1, 0.15) is 52.4 Å². The Morgan fingerprint density at radius 3 is 2.48 bits per heavy atom. The molecule has 6 heteroatoms. The molecule has 1 fully saturated rings. The Labute approximate surface area is 164 Å². The first-order valence-corrected chi connectivity index (χ1v) is 9.99. The van der Waals surface area contributed by atoms with Crippen molar-refractivity contribution in [2.45, 2.75) is 57.1 Å². The van der Waals surface area contributed by atoms with Crippen molar-refractivity contribution < 1.29 is 4.74 Å². The number of guanidine groups is 1. The van der Waals surface area contributed by atoms with E-state index in [1.54, 1.807) is 0 Å². The van der Waals surface area contributed by atoms with Gasteiger partial charge < -0.3 is 15.4 Å². The Bertz CT molecular complexity index is 323. The fraction of sp³-hybridized carbons (Fsp3) is 0.941. The van der Waals surface area contributed by atoms with Crippen LogP contribution >= 0.6 is 35.7 Å². The Morgan fingerprint density at radius 1 is 1.26 bits per heavy atom. The lowest BCUT2D eigenvalue weighted by molar-refractivity contribution is 0.0783. The number of nitrogens with zero attached hydrogens (tertiary/aromatic N) is 1. The van der Waals surface area contributed by atoms with Crippen LogP contribution in [0.5, 0.6) is 0 Å². The molecule has 1 rings (SSSR count). The Morgan fingerprint density at radius 2 is 1.96 bits per heavy atom. The minimum atomic E-state index is 0. The van der Waals surface area contributed by atoms with E-state index in [1.807, 2.05) is 18.8 Å². The van der Waals surface area contributed by atoms with Gasteiger partial charge in [0.2, 0.25) is 0 Å². The van der Waals surface area contributed by atoms with Crippen LogP contribution in [0.25, 0.3) is 0 Å². The Kier molecular flexibility index (Phi) is 13.8. The number of ether oxygens (including phenoxy) is 1. The van der Waals surface area contributed by atoms with Gasteiger partial charge in [0.15, 0.2) is 5.96 Å². The quantitative estimate of drug-likeness (QED) is 0.313. The molecule has 1 heterocycles. The molecule has 1 atom stereocenters. The van der Waals surface area contributed by atoms with E-state index >= 15 is 0 Å². The second kappa shape index (κ2) is 13.6. The topological polar surface area (TPSA) is 45.7 Å². The van der Waals surface area contributed by atoms with Gasteiger partial charge in [0.1, 0.15) is 0 Å². The normalized spacial score (nSPS) is 18.9. The van der Waals surface area contributed by atoms with Gasteiger partial charge in [-0.2, -0.15) is 11.8 Å². The summed E-state index contributed by atoms with van der Waals surface area (Å²) in [4.78, 5) is 4.38. The Balaban J connectivity index is 0.00000484. The van der Waals surface area contributed by atoms with Gasteiger partial charge in [0.25, 0.3) is 0 Å². The zero-order valence-corrected chi connectivity index (χ0v) is 18.5. The number of nitrogens with one attached hydrogen (secondary N) is 2. The van der Waals surface area contributed by atoms with Crippen LogP contribution in [0.4, 0.5) is 0 Å². The summed E-state index contributed by atoms with van der Waals surface area (Å²) in [6.45, 7) is 8.28. The summed E-state index contributed by atoms with van der Waals surface area (Å²) in [6, 6.07) is 0. The third kappa shape index (κ3) is 8.82. The third-order valence-corrected chi connectivity index (χ3v) is 6.16. The maximum Gasteiger partial charge on any atom is 0.191 e. The number of aliphatic imine (C=N–C) groups is 1. The first-order chi connectivity index (χ1) is 10.7. The van der Waals surface area contributed by atoms with Gasteiger partial charge in [-0.15, -0.1) is 24.0 Å². The van der Waals surface area contributed by atoms with Crippen LogP contribution < -0.4 is 10.6 Å². The Hall–Kier alpha value is 0.310. The molecule has 1 aliphatic heterocycles. The highest BCUT2D eigenvalue weighted by atomic mass is 127. The molecule has 0 radical (unpaired) electrons. The second-order valence-electron chi connectivity index (χ2n) is 6.22. The van der Waals surface area contributed by atoms with Crippen LogP contribution in [0.3, 0.4) is 0 Å². The molecule has 1 unspecified atom stereocenters. The van der Waals surface area contributed by atoms with Crippen molar-refractivity contribution >= 4 is 41.7 Å². The van der Waals surface area contributed by atoms with Crippen LogP contribution in [-0.2, 0) is 4.74 Å². The van der Waals surface area contributed by atoms with E-state index in [4.69, 9.17) is 4.74 Å². The molecule has 0 spiro atoms. The minimum Gasteiger partial charge on any atom is -0.381 e. The number of hydrogen-bond acceptors (Lipinski definition) is 3. The molecule has 0 aliphatic carbocycles. The molecule has 0 aromatic rings. The van der Waals surface area contributed by atoms with Crippen molar-refractivity contribution in [1.82, 2.24) is 10.6 Å². The number of unbranched alkanes of at least 4 members (excludes halogenated alkanes) is 1. The molecule has 2 N–H and O–H groups in total. The van der Waals surface area contributed by atoms with Gasteiger partial charge >= 0.3 is 0 Å². The van der Waals surface area contributed by atoms with E-state index in [9.17, 15) is 0 Å². The van der Waals surface area contributed by atoms with Crippen molar-refractivity contribution in [3.63, 3.8) is 0 Å². The predicted molar refractivity (Wildman–Crippen MR) is 114 cm³/mol. The van der Waals surface area contributed by atoms with Crippen LogP contribution in [0.2, 0.25) is 0 Å². The monoisotopic (exact) mass is 457 g/mol. The number of thioether (sulfide) groups is 1. The van der Waals surface area contributed by atoms with Crippen LogP contribution in [0, 0.1) is 5.92 Å². The number of rotatable bonds is 9. The number of halogens is 1. The highest BCUT2D eigenvalue weighted by Gasteiger charge is 2.31. The van der Waals surface area contributed by atoms with E-state index in [1.165, 1.54) is 25.7 Å². The standard InChI is InChI=1S/C17H35N3OS.HI/c1-5-7-8-15(6-2)13-19-16(18-3)20-14-17(22-4)9-11-21-12-10-17;/h15H,5-14H2,1-4H3,(H2,18,19,20);1H. The van der Waals surface area contributed by atoms with Gasteiger partial charge in [0, 0.05) is 38.1 Å². The van der Waals surface area contributed by atoms with Crippen molar-refractivity contribution in [1.29, 1.82) is 0 Å². The van der Waals surface area contributed by atoms with Crippen LogP contribution in [0.15, 0.2) is 4.99 Å². The molecule has 0 amide bonds. The van der Waals surface area contributed by atoms with E-state index in [0.29, 0.717) is 4.75 Å². The SMILES string of the molecule is CCCCC(CC)CNC(=NC)NCC1(SC)CCOCC1.I. The van der Waals surface area contributed by atoms with Gasteiger partial charge in [-0.3, -0.25) is 4.99 Å². The molecule has 0 aromatic carbocycles. The fourth-order valence-corrected chi connectivity index (χ4v) is 3.64. The van der Waals surface area contributed by atoms with E-state index in [2.05, 4.69) is 35.7 Å². The van der Waals surface area contributed by atoms with Crippen molar-refractivity contribution in [2.24, 2.45) is 10.9 Å². The summed E-state index contributed by atoms with van der Waals surface area (Å²) < 4.78 is 5.80. The summed E-state index contributed by atoms with van der Waals surface area (Å²) in [5.74, 6) is 1.69. The molecule has 0 saturated carbocycles. The molecule has 0 aromatic heterocycles. The van der Waals surface area contributed by atoms with E-state index in [0.717, 1.165) is 51.0 Å². The molecule has 138 valence electrons. The summed E-state index contributed by atoms with van der Waals surface area (Å²) >= 11 is 1.96. The lowest BCUT2D eigenvalue weighted by Crippen LogP contribution is -2.48. The van der Waals surface area contributed by atoms with Crippen molar-refractivity contribution in [3.8, 4) is 0 Å². The molecule has 4 nitrogen and oxygen atoms in total. The molecule has 0 bridgehead atoms. The second-order valence-corrected chi connectivity index (χ2v) is 7.50. The first kappa shape index (κ1) is 23.3. The zero-order chi connectivity index (χ0) is 16.3. The van der Waals surface area contributed by atoms with Gasteiger partial charge in [0.05, 0.1) is 0 Å². The summed E-state index contributed by atoms with van der Waals surface area (Å²) in [6.07, 6.45) is 9.59.